The Bertz CT molecular complexity index is 923. The molecular weight excluding hydrogens is 396 g/mol. The lowest BCUT2D eigenvalue weighted by atomic mass is 10.0. The average molecular weight is 433 g/mol. The van der Waals surface area contributed by atoms with Crippen LogP contribution in [0.4, 0.5) is 5.69 Å². The van der Waals surface area contributed by atoms with Gasteiger partial charge in [-0.1, -0.05) is 49.4 Å². The van der Waals surface area contributed by atoms with E-state index in [0.29, 0.717) is 6.04 Å². The van der Waals surface area contributed by atoms with Gasteiger partial charge in [0.1, 0.15) is 0 Å². The molecule has 170 valence electrons. The lowest BCUT2D eigenvalue weighted by molar-refractivity contribution is 0.0706. The minimum Gasteiger partial charge on any atom is -0.369 e. The van der Waals surface area contributed by atoms with Crippen molar-refractivity contribution in [1.82, 2.24) is 14.7 Å². The van der Waals surface area contributed by atoms with Gasteiger partial charge in [0, 0.05) is 45.3 Å². The molecule has 0 radical (unpaired) electrons. The highest BCUT2D eigenvalue weighted by atomic mass is 16.2. The van der Waals surface area contributed by atoms with Gasteiger partial charge >= 0.3 is 0 Å². The second-order valence-electron chi connectivity index (χ2n) is 9.46. The van der Waals surface area contributed by atoms with Gasteiger partial charge in [0.15, 0.2) is 0 Å². The minimum absolute atomic E-state index is 0.223. The summed E-state index contributed by atoms with van der Waals surface area (Å²) in [4.78, 5) is 23.0. The van der Waals surface area contributed by atoms with Crippen molar-refractivity contribution in [2.75, 3.05) is 57.3 Å². The van der Waals surface area contributed by atoms with Crippen LogP contribution in [0, 0.1) is 0 Å². The van der Waals surface area contributed by atoms with E-state index < -0.39 is 0 Å². The lowest BCUT2D eigenvalue weighted by Gasteiger charge is -2.38. The zero-order valence-corrected chi connectivity index (χ0v) is 19.4. The fourth-order valence-electron chi connectivity index (χ4n) is 5.74. The van der Waals surface area contributed by atoms with Crippen LogP contribution in [0.1, 0.15) is 41.3 Å². The minimum atomic E-state index is 0.223. The molecule has 2 aromatic rings. The number of hydrogen-bond acceptors (Lipinski definition) is 4. The molecule has 0 saturated carbocycles. The van der Waals surface area contributed by atoms with Gasteiger partial charge in [0.25, 0.3) is 5.91 Å². The predicted octanol–water partition coefficient (Wildman–Crippen LogP) is 3.49. The molecule has 32 heavy (non-hydrogen) atoms. The van der Waals surface area contributed by atoms with Crippen molar-refractivity contribution in [3.8, 4) is 0 Å². The van der Waals surface area contributed by atoms with Crippen LogP contribution in [0.25, 0.3) is 0 Å². The number of para-hydroxylation sites is 1. The number of rotatable bonds is 7. The third-order valence-corrected chi connectivity index (χ3v) is 7.64. The van der Waals surface area contributed by atoms with Crippen LogP contribution in [0.3, 0.4) is 0 Å². The summed E-state index contributed by atoms with van der Waals surface area (Å²) in [5.74, 6) is 0.223. The standard InChI is InChI=1S/C27H36N4O/c1-2-29(21-22-7-4-3-5-8-22)24-12-14-28(15-13-24)17-18-31-20-19-30-16-11-23-9-6-10-25(26(23)30)27(31)32/h3-10,24H,2,11-21H2,1H3. The Kier molecular flexibility index (Phi) is 6.47. The number of benzene rings is 2. The number of carbonyl (C=O) groups excluding carboxylic acids is 1. The maximum atomic E-state index is 13.3. The first-order chi connectivity index (χ1) is 15.7. The number of hydrogen-bond donors (Lipinski definition) is 0. The van der Waals surface area contributed by atoms with Crippen molar-refractivity contribution in [3.05, 3.63) is 65.2 Å². The molecule has 0 spiro atoms. The van der Waals surface area contributed by atoms with E-state index in [1.165, 1.54) is 29.7 Å². The number of piperidine rings is 1. The van der Waals surface area contributed by atoms with Crippen molar-refractivity contribution in [2.45, 2.75) is 38.8 Å². The molecule has 2 aromatic carbocycles. The summed E-state index contributed by atoms with van der Waals surface area (Å²) >= 11 is 0. The highest BCUT2D eigenvalue weighted by Crippen LogP contribution is 2.34. The van der Waals surface area contributed by atoms with E-state index in [1.807, 2.05) is 6.07 Å². The van der Waals surface area contributed by atoms with E-state index in [9.17, 15) is 4.79 Å². The fraction of sp³-hybridized carbons (Fsp3) is 0.519. The summed E-state index contributed by atoms with van der Waals surface area (Å²) < 4.78 is 0. The number of nitrogens with zero attached hydrogens (tertiary/aromatic N) is 4. The summed E-state index contributed by atoms with van der Waals surface area (Å²) in [5, 5.41) is 0. The van der Waals surface area contributed by atoms with Crippen molar-refractivity contribution >= 4 is 11.6 Å². The topological polar surface area (TPSA) is 30.0 Å². The van der Waals surface area contributed by atoms with Crippen LogP contribution in [-0.4, -0.2) is 79.0 Å². The van der Waals surface area contributed by atoms with E-state index in [-0.39, 0.29) is 5.91 Å². The molecule has 5 nitrogen and oxygen atoms in total. The Hall–Kier alpha value is -2.37. The zero-order valence-electron chi connectivity index (χ0n) is 19.4. The van der Waals surface area contributed by atoms with E-state index in [1.54, 1.807) is 0 Å². The predicted molar refractivity (Wildman–Crippen MR) is 130 cm³/mol. The van der Waals surface area contributed by atoms with Gasteiger partial charge in [-0.2, -0.15) is 0 Å². The first-order valence-corrected chi connectivity index (χ1v) is 12.4. The van der Waals surface area contributed by atoms with Crippen LogP contribution in [-0.2, 0) is 13.0 Å². The summed E-state index contributed by atoms with van der Waals surface area (Å²) in [6.45, 7) is 11.4. The maximum Gasteiger partial charge on any atom is 0.256 e. The van der Waals surface area contributed by atoms with Gasteiger partial charge in [-0.15, -0.1) is 0 Å². The van der Waals surface area contributed by atoms with Crippen molar-refractivity contribution in [2.24, 2.45) is 0 Å². The second-order valence-corrected chi connectivity index (χ2v) is 9.46. The number of anilines is 1. The largest absolute Gasteiger partial charge is 0.369 e. The van der Waals surface area contributed by atoms with Crippen molar-refractivity contribution in [3.63, 3.8) is 0 Å². The molecule has 1 amide bonds. The molecule has 0 aromatic heterocycles. The Morgan fingerprint density at radius 2 is 1.72 bits per heavy atom. The Morgan fingerprint density at radius 3 is 2.50 bits per heavy atom. The molecule has 0 unspecified atom stereocenters. The molecule has 0 aliphatic carbocycles. The maximum absolute atomic E-state index is 13.3. The normalized spacial score (nSPS) is 19.5. The van der Waals surface area contributed by atoms with E-state index >= 15 is 0 Å². The van der Waals surface area contributed by atoms with Gasteiger partial charge < -0.3 is 14.7 Å². The average Bonchev–Trinajstić information content (AvgIpc) is 3.20. The first kappa shape index (κ1) is 21.5. The van der Waals surface area contributed by atoms with Crippen LogP contribution in [0.2, 0.25) is 0 Å². The lowest BCUT2D eigenvalue weighted by Crippen LogP contribution is -2.47. The summed E-state index contributed by atoms with van der Waals surface area (Å²) in [6.07, 6.45) is 3.51. The molecule has 0 atom stereocenters. The second kappa shape index (κ2) is 9.63. The molecule has 5 heteroatoms. The van der Waals surface area contributed by atoms with Crippen LogP contribution in [0.5, 0.6) is 0 Å². The third kappa shape index (κ3) is 4.41. The molecule has 5 rings (SSSR count). The van der Waals surface area contributed by atoms with Gasteiger partial charge in [-0.25, -0.2) is 0 Å². The monoisotopic (exact) mass is 432 g/mol. The number of carbonyl (C=O) groups is 1. The highest BCUT2D eigenvalue weighted by molar-refractivity contribution is 6.01. The molecular formula is C27H36N4O. The Morgan fingerprint density at radius 1 is 0.906 bits per heavy atom. The third-order valence-electron chi connectivity index (χ3n) is 7.64. The molecule has 3 aliphatic heterocycles. The van der Waals surface area contributed by atoms with Crippen LogP contribution in [0.15, 0.2) is 48.5 Å². The summed E-state index contributed by atoms with van der Waals surface area (Å²) in [5.41, 5.74) is 4.87. The Labute approximate surface area is 192 Å². The first-order valence-electron chi connectivity index (χ1n) is 12.4. The van der Waals surface area contributed by atoms with Gasteiger partial charge in [0.05, 0.1) is 11.3 Å². The molecule has 3 heterocycles. The van der Waals surface area contributed by atoms with Crippen molar-refractivity contribution in [1.29, 1.82) is 0 Å². The van der Waals surface area contributed by atoms with Gasteiger partial charge in [0.2, 0.25) is 0 Å². The SMILES string of the molecule is CCN(Cc1ccccc1)C1CCN(CCN2CCN3CCc4cccc(c43)C2=O)CC1. The number of likely N-dealkylation sites (tertiary alicyclic amines) is 1. The van der Waals surface area contributed by atoms with Gasteiger partial charge in [-0.3, -0.25) is 9.69 Å². The van der Waals surface area contributed by atoms with E-state index in [0.717, 1.165) is 70.9 Å². The summed E-state index contributed by atoms with van der Waals surface area (Å²) in [7, 11) is 0. The smallest absolute Gasteiger partial charge is 0.256 e. The van der Waals surface area contributed by atoms with Crippen LogP contribution >= 0.6 is 0 Å². The molecule has 0 bridgehead atoms. The molecule has 1 saturated heterocycles. The van der Waals surface area contributed by atoms with Crippen LogP contribution < -0.4 is 4.90 Å². The van der Waals surface area contributed by atoms with Gasteiger partial charge in [-0.05, 0) is 56.1 Å². The highest BCUT2D eigenvalue weighted by Gasteiger charge is 2.31. The van der Waals surface area contributed by atoms with E-state index in [2.05, 4.69) is 69.0 Å². The molecule has 0 N–H and O–H groups in total. The fourth-order valence-corrected chi connectivity index (χ4v) is 5.74. The molecule has 1 fully saturated rings. The van der Waals surface area contributed by atoms with Crippen molar-refractivity contribution < 1.29 is 4.79 Å². The van der Waals surface area contributed by atoms with E-state index in [4.69, 9.17) is 0 Å². The molecule has 3 aliphatic rings. The quantitative estimate of drug-likeness (QED) is 0.670. The number of amides is 1. The Balaban J connectivity index is 1.14. The summed E-state index contributed by atoms with van der Waals surface area (Å²) in [6, 6.07) is 17.8. The zero-order chi connectivity index (χ0) is 21.9.